The number of ether oxygens (including phenoxy) is 2. The molecule has 1 aliphatic heterocycles. The first-order valence-electron chi connectivity index (χ1n) is 8.79. The summed E-state index contributed by atoms with van der Waals surface area (Å²) in [5, 5.41) is 0.653. The molecule has 0 spiro atoms. The molecule has 1 unspecified atom stereocenters. The van der Waals surface area contributed by atoms with E-state index in [0.29, 0.717) is 24.7 Å². The van der Waals surface area contributed by atoms with Gasteiger partial charge in [-0.15, -0.1) is 0 Å². The quantitative estimate of drug-likeness (QED) is 0.718. The molecule has 0 saturated carbocycles. The van der Waals surface area contributed by atoms with Gasteiger partial charge < -0.3 is 14.4 Å². The van der Waals surface area contributed by atoms with Crippen molar-refractivity contribution in [3.8, 4) is 0 Å². The molecule has 0 aromatic heterocycles. The Labute approximate surface area is 160 Å². The van der Waals surface area contributed by atoms with E-state index in [1.807, 2.05) is 45.0 Å². The lowest BCUT2D eigenvalue weighted by Gasteiger charge is -2.36. The Balaban J connectivity index is 2.16. The zero-order valence-electron chi connectivity index (χ0n) is 15.8. The summed E-state index contributed by atoms with van der Waals surface area (Å²) in [6, 6.07) is 7.38. The smallest absolute Gasteiger partial charge is 0.410 e. The van der Waals surface area contributed by atoms with Crippen molar-refractivity contribution in [3.63, 3.8) is 0 Å². The largest absolute Gasteiger partial charge is 0.453 e. The maximum absolute atomic E-state index is 12.4. The van der Waals surface area contributed by atoms with Gasteiger partial charge in [-0.1, -0.05) is 23.7 Å². The Morgan fingerprint density at radius 2 is 1.73 bits per heavy atom. The van der Waals surface area contributed by atoms with Gasteiger partial charge in [0.2, 0.25) is 0 Å². The Morgan fingerprint density at radius 1 is 1.08 bits per heavy atom. The standard InChI is InChI=1S/C19H27ClN2O4/c1-19(2,3)26-17(23)21-11-5-6-16(14-7-9-15(20)10-8-14)22(13-12-21)18(24)25-4/h7-10,16H,5-6,11-13H2,1-4H3. The van der Waals surface area contributed by atoms with Crippen LogP contribution in [0.25, 0.3) is 0 Å². The summed E-state index contributed by atoms with van der Waals surface area (Å²) >= 11 is 5.98. The third kappa shape index (κ3) is 5.53. The van der Waals surface area contributed by atoms with Crippen LogP contribution in [0.3, 0.4) is 0 Å². The molecule has 1 atom stereocenters. The van der Waals surface area contributed by atoms with Crippen LogP contribution in [0.4, 0.5) is 9.59 Å². The number of carbonyl (C=O) groups is 2. The van der Waals surface area contributed by atoms with E-state index in [2.05, 4.69) is 0 Å². The van der Waals surface area contributed by atoms with E-state index >= 15 is 0 Å². The lowest BCUT2D eigenvalue weighted by molar-refractivity contribution is 0.0177. The molecule has 1 heterocycles. The molecule has 2 amide bonds. The highest BCUT2D eigenvalue weighted by molar-refractivity contribution is 6.30. The summed E-state index contributed by atoms with van der Waals surface area (Å²) in [6.45, 7) is 6.88. The lowest BCUT2D eigenvalue weighted by atomic mass is 9.99. The molecule has 1 fully saturated rings. The molecule has 26 heavy (non-hydrogen) atoms. The van der Waals surface area contributed by atoms with Crippen LogP contribution in [-0.2, 0) is 9.47 Å². The number of hydrogen-bond donors (Lipinski definition) is 0. The topological polar surface area (TPSA) is 59.1 Å². The number of nitrogens with zero attached hydrogens (tertiary/aromatic N) is 2. The predicted octanol–water partition coefficient (Wildman–Crippen LogP) is 4.48. The highest BCUT2D eigenvalue weighted by Gasteiger charge is 2.30. The number of amides is 2. The van der Waals surface area contributed by atoms with Crippen molar-refractivity contribution in [3.05, 3.63) is 34.9 Å². The monoisotopic (exact) mass is 382 g/mol. The fourth-order valence-electron chi connectivity index (χ4n) is 3.00. The minimum Gasteiger partial charge on any atom is -0.453 e. The Bertz CT molecular complexity index is 627. The second-order valence-corrected chi connectivity index (χ2v) is 7.78. The van der Waals surface area contributed by atoms with Crippen LogP contribution < -0.4 is 0 Å². The van der Waals surface area contributed by atoms with E-state index in [4.69, 9.17) is 21.1 Å². The van der Waals surface area contributed by atoms with Gasteiger partial charge in [-0.25, -0.2) is 9.59 Å². The van der Waals surface area contributed by atoms with Crippen molar-refractivity contribution in [2.45, 2.75) is 45.3 Å². The van der Waals surface area contributed by atoms with Crippen LogP contribution in [0.15, 0.2) is 24.3 Å². The second-order valence-electron chi connectivity index (χ2n) is 7.34. The van der Waals surface area contributed by atoms with Crippen molar-refractivity contribution in [1.82, 2.24) is 9.80 Å². The van der Waals surface area contributed by atoms with Crippen molar-refractivity contribution in [2.24, 2.45) is 0 Å². The Hall–Kier alpha value is -1.95. The molecule has 0 aliphatic carbocycles. The molecule has 1 saturated heterocycles. The van der Waals surface area contributed by atoms with Crippen LogP contribution in [0.1, 0.15) is 45.2 Å². The maximum Gasteiger partial charge on any atom is 0.410 e. The minimum absolute atomic E-state index is 0.111. The number of methoxy groups -OCH3 is 1. The van der Waals surface area contributed by atoms with Crippen molar-refractivity contribution >= 4 is 23.8 Å². The van der Waals surface area contributed by atoms with Gasteiger partial charge in [-0.05, 0) is 51.3 Å². The molecule has 0 N–H and O–H groups in total. The molecule has 0 radical (unpaired) electrons. The zero-order chi connectivity index (χ0) is 19.3. The molecule has 144 valence electrons. The summed E-state index contributed by atoms with van der Waals surface area (Å²) in [6.07, 6.45) is 0.707. The highest BCUT2D eigenvalue weighted by Crippen LogP contribution is 2.29. The van der Waals surface area contributed by atoms with Crippen LogP contribution >= 0.6 is 11.6 Å². The SMILES string of the molecule is COC(=O)N1CCN(C(=O)OC(C)(C)C)CCCC1c1ccc(Cl)cc1. The van der Waals surface area contributed by atoms with Gasteiger partial charge in [0.15, 0.2) is 0 Å². The number of carbonyl (C=O) groups excluding carboxylic acids is 2. The van der Waals surface area contributed by atoms with Gasteiger partial charge in [0, 0.05) is 24.7 Å². The van der Waals surface area contributed by atoms with E-state index in [9.17, 15) is 9.59 Å². The molecule has 6 nitrogen and oxygen atoms in total. The third-order valence-corrected chi connectivity index (χ3v) is 4.46. The van der Waals surface area contributed by atoms with Crippen LogP contribution in [-0.4, -0.2) is 54.3 Å². The van der Waals surface area contributed by atoms with Gasteiger partial charge in [0.1, 0.15) is 5.60 Å². The van der Waals surface area contributed by atoms with E-state index in [-0.39, 0.29) is 12.1 Å². The molecular weight excluding hydrogens is 356 g/mol. The Morgan fingerprint density at radius 3 is 2.31 bits per heavy atom. The van der Waals surface area contributed by atoms with Crippen LogP contribution in [0.5, 0.6) is 0 Å². The average Bonchev–Trinajstić information content (AvgIpc) is 2.54. The summed E-state index contributed by atoms with van der Waals surface area (Å²) in [7, 11) is 1.37. The summed E-state index contributed by atoms with van der Waals surface area (Å²) in [4.78, 5) is 28.0. The maximum atomic E-state index is 12.4. The van der Waals surface area contributed by atoms with Gasteiger partial charge in [-0.2, -0.15) is 0 Å². The summed E-state index contributed by atoms with van der Waals surface area (Å²) in [5.74, 6) is 0. The fourth-order valence-corrected chi connectivity index (χ4v) is 3.13. The van der Waals surface area contributed by atoms with E-state index in [1.165, 1.54) is 7.11 Å². The van der Waals surface area contributed by atoms with Crippen LogP contribution in [0.2, 0.25) is 5.02 Å². The van der Waals surface area contributed by atoms with Crippen molar-refractivity contribution < 1.29 is 19.1 Å². The van der Waals surface area contributed by atoms with Gasteiger partial charge in [0.25, 0.3) is 0 Å². The minimum atomic E-state index is -0.548. The first-order valence-corrected chi connectivity index (χ1v) is 9.17. The first kappa shape index (κ1) is 20.4. The average molecular weight is 383 g/mol. The summed E-state index contributed by atoms with van der Waals surface area (Å²) in [5.41, 5.74) is 0.457. The van der Waals surface area contributed by atoms with Gasteiger partial charge >= 0.3 is 12.2 Å². The van der Waals surface area contributed by atoms with E-state index < -0.39 is 11.7 Å². The van der Waals surface area contributed by atoms with Crippen LogP contribution in [0, 0.1) is 0 Å². The van der Waals surface area contributed by atoms with Crippen molar-refractivity contribution in [2.75, 3.05) is 26.7 Å². The fraction of sp³-hybridized carbons (Fsp3) is 0.579. The normalized spacial score (nSPS) is 18.7. The Kier molecular flexibility index (Phi) is 6.75. The predicted molar refractivity (Wildman–Crippen MR) is 100 cm³/mol. The van der Waals surface area contributed by atoms with Gasteiger partial charge in [0.05, 0.1) is 13.2 Å². The number of hydrogen-bond acceptors (Lipinski definition) is 4. The molecule has 2 rings (SSSR count). The van der Waals surface area contributed by atoms with E-state index in [0.717, 1.165) is 18.4 Å². The highest BCUT2D eigenvalue weighted by atomic mass is 35.5. The third-order valence-electron chi connectivity index (χ3n) is 4.21. The van der Waals surface area contributed by atoms with Crippen molar-refractivity contribution in [1.29, 1.82) is 0 Å². The molecule has 1 aliphatic rings. The number of halogens is 1. The molecule has 7 heteroatoms. The molecular formula is C19H27ClN2O4. The molecule has 1 aromatic carbocycles. The summed E-state index contributed by atoms with van der Waals surface area (Å²) < 4.78 is 10.4. The molecule has 0 bridgehead atoms. The second kappa shape index (κ2) is 8.62. The van der Waals surface area contributed by atoms with Gasteiger partial charge in [-0.3, -0.25) is 4.90 Å². The first-order chi connectivity index (χ1) is 12.2. The number of benzene rings is 1. The lowest BCUT2D eigenvalue weighted by Crippen LogP contribution is -2.46. The zero-order valence-corrected chi connectivity index (χ0v) is 16.6. The number of rotatable bonds is 1. The molecule has 1 aromatic rings. The van der Waals surface area contributed by atoms with E-state index in [1.54, 1.807) is 9.80 Å².